The third-order valence-corrected chi connectivity index (χ3v) is 2.34. The van der Waals surface area contributed by atoms with Crippen LogP contribution in [0.4, 0.5) is 0 Å². The minimum absolute atomic E-state index is 0.260. The molecule has 5 heteroatoms. The number of hydrogen-bond donors (Lipinski definition) is 2. The standard InChI is InChI=1S/C12H16ClN3O/c1-12(2,3)11(15)9(7-14)17-8-4-5-16-10(13)6-8/h4-7,14H,15H2,1-3H3. The molecule has 92 valence electrons. The van der Waals surface area contributed by atoms with E-state index in [4.69, 9.17) is 27.5 Å². The second kappa shape index (κ2) is 5.19. The Morgan fingerprint density at radius 3 is 2.65 bits per heavy atom. The maximum atomic E-state index is 7.34. The molecule has 0 amide bonds. The average Bonchev–Trinajstić information content (AvgIpc) is 2.24. The Morgan fingerprint density at radius 2 is 2.18 bits per heavy atom. The van der Waals surface area contributed by atoms with E-state index in [1.165, 1.54) is 6.20 Å². The summed E-state index contributed by atoms with van der Waals surface area (Å²) in [6.07, 6.45) is 2.63. The predicted molar refractivity (Wildman–Crippen MR) is 69.3 cm³/mol. The molecule has 0 spiro atoms. The van der Waals surface area contributed by atoms with E-state index < -0.39 is 0 Å². The van der Waals surface area contributed by atoms with E-state index in [2.05, 4.69) is 4.98 Å². The van der Waals surface area contributed by atoms with Crippen LogP contribution in [0.5, 0.6) is 5.75 Å². The molecule has 0 aliphatic rings. The van der Waals surface area contributed by atoms with Crippen molar-refractivity contribution >= 4 is 17.8 Å². The van der Waals surface area contributed by atoms with Gasteiger partial charge in [0.15, 0.2) is 5.76 Å². The number of aromatic nitrogens is 1. The molecular weight excluding hydrogens is 238 g/mol. The predicted octanol–water partition coefficient (Wildman–Crippen LogP) is 2.98. The largest absolute Gasteiger partial charge is 0.454 e. The molecule has 0 saturated carbocycles. The van der Waals surface area contributed by atoms with Crippen LogP contribution in [-0.2, 0) is 0 Å². The summed E-state index contributed by atoms with van der Waals surface area (Å²) in [7, 11) is 0. The van der Waals surface area contributed by atoms with Gasteiger partial charge in [-0.2, -0.15) is 0 Å². The van der Waals surface area contributed by atoms with Crippen molar-refractivity contribution in [2.45, 2.75) is 20.8 Å². The summed E-state index contributed by atoms with van der Waals surface area (Å²) in [4.78, 5) is 3.85. The Hall–Kier alpha value is -1.55. The fourth-order valence-corrected chi connectivity index (χ4v) is 1.27. The molecule has 0 bridgehead atoms. The van der Waals surface area contributed by atoms with E-state index in [9.17, 15) is 0 Å². The van der Waals surface area contributed by atoms with Crippen LogP contribution in [0, 0.1) is 10.8 Å². The van der Waals surface area contributed by atoms with E-state index in [0.29, 0.717) is 22.4 Å². The SMILES string of the molecule is CC(C)(C)C(N)=C(C=N)Oc1ccnc(Cl)c1. The number of nitrogens with one attached hydrogen (secondary N) is 1. The Balaban J connectivity index is 3.03. The smallest absolute Gasteiger partial charge is 0.164 e. The molecule has 1 aromatic rings. The summed E-state index contributed by atoms with van der Waals surface area (Å²) < 4.78 is 5.52. The van der Waals surface area contributed by atoms with E-state index in [-0.39, 0.29) is 5.41 Å². The van der Waals surface area contributed by atoms with Crippen molar-refractivity contribution in [3.8, 4) is 5.75 Å². The number of nitrogens with two attached hydrogens (primary N) is 1. The van der Waals surface area contributed by atoms with Gasteiger partial charge in [0.05, 0.1) is 11.9 Å². The number of nitrogens with zero attached hydrogens (tertiary/aromatic N) is 1. The van der Waals surface area contributed by atoms with Gasteiger partial charge in [-0.3, -0.25) is 0 Å². The summed E-state index contributed by atoms with van der Waals surface area (Å²) in [6, 6.07) is 3.23. The molecule has 0 aromatic carbocycles. The van der Waals surface area contributed by atoms with Gasteiger partial charge in [0.25, 0.3) is 0 Å². The third-order valence-electron chi connectivity index (χ3n) is 2.13. The van der Waals surface area contributed by atoms with Gasteiger partial charge < -0.3 is 15.9 Å². The summed E-state index contributed by atoms with van der Waals surface area (Å²) >= 11 is 5.75. The van der Waals surface area contributed by atoms with Gasteiger partial charge in [-0.05, 0) is 6.07 Å². The second-order valence-corrected chi connectivity index (χ2v) is 4.98. The molecular formula is C12H16ClN3O. The van der Waals surface area contributed by atoms with Crippen LogP contribution in [0.25, 0.3) is 0 Å². The monoisotopic (exact) mass is 253 g/mol. The number of allylic oxidation sites excluding steroid dienone is 2. The van der Waals surface area contributed by atoms with Crippen LogP contribution in [0.1, 0.15) is 20.8 Å². The first-order valence-corrected chi connectivity index (χ1v) is 5.52. The van der Waals surface area contributed by atoms with Gasteiger partial charge in [-0.15, -0.1) is 0 Å². The van der Waals surface area contributed by atoms with E-state index in [1.807, 2.05) is 20.8 Å². The molecule has 1 aromatic heterocycles. The quantitative estimate of drug-likeness (QED) is 0.494. The average molecular weight is 254 g/mol. The molecule has 17 heavy (non-hydrogen) atoms. The highest BCUT2D eigenvalue weighted by atomic mass is 35.5. The first kappa shape index (κ1) is 13.5. The Labute approximate surface area is 106 Å². The molecule has 1 rings (SSSR count). The van der Waals surface area contributed by atoms with Gasteiger partial charge in [-0.25, -0.2) is 4.98 Å². The van der Waals surface area contributed by atoms with Crippen LogP contribution in [-0.4, -0.2) is 11.2 Å². The molecule has 1 heterocycles. The van der Waals surface area contributed by atoms with Gasteiger partial charge in [0.2, 0.25) is 0 Å². The summed E-state index contributed by atoms with van der Waals surface area (Å²) in [5, 5.41) is 7.67. The molecule has 0 radical (unpaired) electrons. The van der Waals surface area contributed by atoms with E-state index in [0.717, 1.165) is 6.21 Å². The zero-order valence-electron chi connectivity index (χ0n) is 10.1. The molecule has 0 aliphatic carbocycles. The molecule has 0 unspecified atom stereocenters. The Kier molecular flexibility index (Phi) is 4.12. The maximum absolute atomic E-state index is 7.34. The zero-order valence-corrected chi connectivity index (χ0v) is 10.9. The van der Waals surface area contributed by atoms with Crippen LogP contribution in [0.3, 0.4) is 0 Å². The topological polar surface area (TPSA) is 72.0 Å². The number of hydrogen-bond acceptors (Lipinski definition) is 4. The fourth-order valence-electron chi connectivity index (χ4n) is 1.11. The number of pyridine rings is 1. The fraction of sp³-hybridized carbons (Fsp3) is 0.333. The summed E-state index contributed by atoms with van der Waals surface area (Å²) in [5.41, 5.74) is 6.20. The van der Waals surface area contributed by atoms with Gasteiger partial charge >= 0.3 is 0 Å². The normalized spacial score (nSPS) is 12.9. The van der Waals surface area contributed by atoms with Crippen molar-refractivity contribution in [3.63, 3.8) is 0 Å². The van der Waals surface area contributed by atoms with Crippen molar-refractivity contribution < 1.29 is 4.74 Å². The highest BCUT2D eigenvalue weighted by molar-refractivity contribution is 6.29. The van der Waals surface area contributed by atoms with Crippen molar-refractivity contribution in [2.24, 2.45) is 11.1 Å². The third kappa shape index (κ3) is 3.75. The first-order chi connectivity index (χ1) is 7.84. The van der Waals surface area contributed by atoms with Crippen molar-refractivity contribution in [3.05, 3.63) is 34.9 Å². The van der Waals surface area contributed by atoms with Crippen LogP contribution in [0.15, 0.2) is 29.8 Å². The zero-order chi connectivity index (χ0) is 13.1. The van der Waals surface area contributed by atoms with Crippen molar-refractivity contribution in [1.29, 1.82) is 5.41 Å². The Morgan fingerprint density at radius 1 is 1.53 bits per heavy atom. The number of rotatable bonds is 3. The van der Waals surface area contributed by atoms with Crippen molar-refractivity contribution in [1.82, 2.24) is 4.98 Å². The van der Waals surface area contributed by atoms with Crippen LogP contribution in [0.2, 0.25) is 5.15 Å². The molecule has 3 N–H and O–H groups in total. The molecule has 4 nitrogen and oxygen atoms in total. The molecule has 0 aliphatic heterocycles. The van der Waals surface area contributed by atoms with Gasteiger partial charge in [0.1, 0.15) is 10.9 Å². The lowest BCUT2D eigenvalue weighted by atomic mass is 9.91. The Bertz CT molecular complexity index is 449. The van der Waals surface area contributed by atoms with Crippen LogP contribution >= 0.6 is 11.6 Å². The lowest BCUT2D eigenvalue weighted by Gasteiger charge is -2.21. The van der Waals surface area contributed by atoms with Gasteiger partial charge in [-0.1, -0.05) is 32.4 Å². The maximum Gasteiger partial charge on any atom is 0.164 e. The second-order valence-electron chi connectivity index (χ2n) is 4.59. The van der Waals surface area contributed by atoms with Gasteiger partial charge in [0, 0.05) is 17.7 Å². The molecule has 0 fully saturated rings. The number of ether oxygens (including phenoxy) is 1. The summed E-state index contributed by atoms with van der Waals surface area (Å²) in [6.45, 7) is 5.86. The molecule has 0 atom stereocenters. The lowest BCUT2D eigenvalue weighted by Crippen LogP contribution is -2.22. The highest BCUT2D eigenvalue weighted by Crippen LogP contribution is 2.25. The summed E-state index contributed by atoms with van der Waals surface area (Å²) in [5.74, 6) is 0.829. The highest BCUT2D eigenvalue weighted by Gasteiger charge is 2.19. The van der Waals surface area contributed by atoms with Crippen molar-refractivity contribution in [2.75, 3.05) is 0 Å². The molecule has 0 saturated heterocycles. The minimum atomic E-state index is -0.260. The first-order valence-electron chi connectivity index (χ1n) is 5.14. The van der Waals surface area contributed by atoms with E-state index >= 15 is 0 Å². The minimum Gasteiger partial charge on any atom is -0.454 e. The van der Waals surface area contributed by atoms with Crippen LogP contribution < -0.4 is 10.5 Å². The van der Waals surface area contributed by atoms with E-state index in [1.54, 1.807) is 12.1 Å². The number of halogens is 1. The lowest BCUT2D eigenvalue weighted by molar-refractivity contribution is 0.409.